The number of pyridine rings is 1. The van der Waals surface area contributed by atoms with Crippen molar-refractivity contribution < 1.29 is 9.53 Å². The maximum atomic E-state index is 11.0. The molecule has 0 spiro atoms. The van der Waals surface area contributed by atoms with E-state index < -0.39 is 0 Å². The van der Waals surface area contributed by atoms with E-state index in [0.29, 0.717) is 12.3 Å². The van der Waals surface area contributed by atoms with Gasteiger partial charge in [-0.05, 0) is 17.0 Å². The average molecular weight is 354 g/mol. The summed E-state index contributed by atoms with van der Waals surface area (Å²) in [6.07, 6.45) is 1.73. The Balaban J connectivity index is 0.000000422. The van der Waals surface area contributed by atoms with Gasteiger partial charge in [0.1, 0.15) is 5.69 Å². The summed E-state index contributed by atoms with van der Waals surface area (Å²) in [5.41, 5.74) is 1.75. The van der Waals surface area contributed by atoms with Crippen molar-refractivity contribution >= 4 is 16.6 Å². The van der Waals surface area contributed by atoms with Gasteiger partial charge in [-0.1, -0.05) is 82.3 Å². The lowest BCUT2D eigenvalue weighted by Crippen LogP contribution is -1.95. The number of methoxy groups -OCH3 is 1. The second-order valence-corrected chi connectivity index (χ2v) is 4.89. The summed E-state index contributed by atoms with van der Waals surface area (Å²) in [6, 6.07) is 19.8. The molecule has 3 rings (SSSR count). The summed E-state index contributed by atoms with van der Waals surface area (Å²) in [5.74, 6) is 0.00533. The van der Waals surface area contributed by atoms with Crippen molar-refractivity contribution in [3.8, 4) is 0 Å². The van der Waals surface area contributed by atoms with Crippen LogP contribution in [0.5, 0.6) is 0 Å². The van der Waals surface area contributed by atoms with Gasteiger partial charge >= 0.3 is 0 Å². The molecular weight excluding hydrogens is 322 g/mol. The smallest absolute Gasteiger partial charge is 0.178 e. The SMILES string of the molecule is CC.CC.CC(=O)c1cc2ccccc2cn1.COCc1ccccc1. The van der Waals surface area contributed by atoms with Crippen LogP contribution in [0.25, 0.3) is 10.8 Å². The summed E-state index contributed by atoms with van der Waals surface area (Å²) >= 11 is 0. The van der Waals surface area contributed by atoms with Crippen molar-refractivity contribution in [3.05, 3.63) is 78.1 Å². The molecule has 0 aliphatic carbocycles. The molecule has 3 nitrogen and oxygen atoms in total. The number of aromatic nitrogens is 1. The van der Waals surface area contributed by atoms with Crippen LogP contribution >= 0.6 is 0 Å². The predicted molar refractivity (Wildman–Crippen MR) is 112 cm³/mol. The van der Waals surface area contributed by atoms with E-state index in [0.717, 1.165) is 10.8 Å². The number of carbonyl (C=O) groups is 1. The number of fused-ring (bicyclic) bond motifs is 1. The Morgan fingerprint density at radius 2 is 1.42 bits per heavy atom. The minimum absolute atomic E-state index is 0.00533. The van der Waals surface area contributed by atoms with Crippen LogP contribution in [0, 0.1) is 0 Å². The van der Waals surface area contributed by atoms with E-state index in [1.807, 2.05) is 88.4 Å². The number of nitrogens with zero attached hydrogens (tertiary/aromatic N) is 1. The molecule has 0 amide bonds. The van der Waals surface area contributed by atoms with Crippen LogP contribution in [0.1, 0.15) is 50.7 Å². The van der Waals surface area contributed by atoms with E-state index >= 15 is 0 Å². The van der Waals surface area contributed by atoms with Crippen molar-refractivity contribution in [2.24, 2.45) is 0 Å². The summed E-state index contributed by atoms with van der Waals surface area (Å²) < 4.78 is 4.93. The highest BCUT2D eigenvalue weighted by molar-refractivity contribution is 5.96. The molecule has 1 aromatic heterocycles. The lowest BCUT2D eigenvalue weighted by atomic mass is 10.1. The van der Waals surface area contributed by atoms with E-state index in [1.165, 1.54) is 12.5 Å². The highest BCUT2D eigenvalue weighted by atomic mass is 16.5. The Hall–Kier alpha value is -2.52. The molecule has 0 saturated heterocycles. The fraction of sp³-hybridized carbons (Fsp3) is 0.304. The molecule has 0 aliphatic heterocycles. The molecule has 0 aliphatic rings. The number of ketones is 1. The highest BCUT2D eigenvalue weighted by Crippen LogP contribution is 2.13. The van der Waals surface area contributed by atoms with Gasteiger partial charge in [0, 0.05) is 25.6 Å². The Bertz CT molecular complexity index is 739. The molecule has 0 fully saturated rings. The van der Waals surface area contributed by atoms with Crippen LogP contribution in [-0.2, 0) is 11.3 Å². The monoisotopic (exact) mass is 353 g/mol. The second kappa shape index (κ2) is 14.8. The van der Waals surface area contributed by atoms with Crippen LogP contribution in [0.3, 0.4) is 0 Å². The third-order valence-electron chi connectivity index (χ3n) is 3.15. The lowest BCUT2D eigenvalue weighted by Gasteiger charge is -1.98. The fourth-order valence-electron chi connectivity index (χ4n) is 2.02. The normalized spacial score (nSPS) is 8.85. The summed E-state index contributed by atoms with van der Waals surface area (Å²) in [6.45, 7) is 10.2. The Morgan fingerprint density at radius 3 is 1.96 bits per heavy atom. The van der Waals surface area contributed by atoms with Gasteiger partial charge in [-0.2, -0.15) is 0 Å². The first-order valence-electron chi connectivity index (χ1n) is 9.09. The Kier molecular flexibility index (Phi) is 13.4. The Morgan fingerprint density at radius 1 is 0.885 bits per heavy atom. The number of carbonyl (C=O) groups excluding carboxylic acids is 1. The van der Waals surface area contributed by atoms with Gasteiger partial charge in [-0.15, -0.1) is 0 Å². The molecule has 0 unspecified atom stereocenters. The summed E-state index contributed by atoms with van der Waals surface area (Å²) in [4.78, 5) is 15.1. The first-order valence-corrected chi connectivity index (χ1v) is 9.09. The largest absolute Gasteiger partial charge is 0.380 e. The maximum Gasteiger partial charge on any atom is 0.178 e. The molecule has 2 aromatic carbocycles. The topological polar surface area (TPSA) is 39.2 Å². The molecule has 3 heteroatoms. The quantitative estimate of drug-likeness (QED) is 0.517. The van der Waals surface area contributed by atoms with Crippen LogP contribution in [0.2, 0.25) is 0 Å². The minimum Gasteiger partial charge on any atom is -0.380 e. The standard InChI is InChI=1S/C11H9NO.C8H10O.2C2H6/c1-8(13)11-6-9-4-2-3-5-10(9)7-12-11;1-9-7-8-5-3-2-4-6-8;2*1-2/h2-7H,1H3;2-6H,7H2,1H3;2*1-2H3. The molecule has 1 heterocycles. The number of benzene rings is 2. The van der Waals surface area contributed by atoms with E-state index in [1.54, 1.807) is 13.3 Å². The molecule has 0 N–H and O–H groups in total. The van der Waals surface area contributed by atoms with Gasteiger partial charge in [0.05, 0.1) is 6.61 Å². The zero-order chi connectivity index (χ0) is 19.8. The van der Waals surface area contributed by atoms with Crippen molar-refractivity contribution in [3.63, 3.8) is 0 Å². The number of ether oxygens (including phenoxy) is 1. The number of Topliss-reactive ketones (excluding diaryl/α,β-unsaturated/α-hetero) is 1. The second-order valence-electron chi connectivity index (χ2n) is 4.89. The molecule has 0 atom stereocenters. The first-order chi connectivity index (χ1) is 12.7. The Labute approximate surface area is 158 Å². The lowest BCUT2D eigenvalue weighted by molar-refractivity contribution is 0.101. The average Bonchev–Trinajstić information content (AvgIpc) is 2.72. The minimum atomic E-state index is 0.00533. The zero-order valence-electron chi connectivity index (χ0n) is 16.8. The van der Waals surface area contributed by atoms with Gasteiger partial charge in [-0.25, -0.2) is 0 Å². The fourth-order valence-corrected chi connectivity index (χ4v) is 2.02. The van der Waals surface area contributed by atoms with E-state index in [2.05, 4.69) is 4.98 Å². The third kappa shape index (κ3) is 8.54. The van der Waals surface area contributed by atoms with Gasteiger partial charge in [0.2, 0.25) is 0 Å². The van der Waals surface area contributed by atoms with Crippen LogP contribution in [0.4, 0.5) is 0 Å². The zero-order valence-corrected chi connectivity index (χ0v) is 16.8. The van der Waals surface area contributed by atoms with Crippen LogP contribution in [-0.4, -0.2) is 17.9 Å². The van der Waals surface area contributed by atoms with E-state index in [4.69, 9.17) is 4.74 Å². The molecule has 0 bridgehead atoms. The molecule has 26 heavy (non-hydrogen) atoms. The molecule has 0 radical (unpaired) electrons. The van der Waals surface area contributed by atoms with Crippen molar-refractivity contribution in [1.29, 1.82) is 0 Å². The molecular formula is C23H31NO2. The van der Waals surface area contributed by atoms with Crippen molar-refractivity contribution in [1.82, 2.24) is 4.98 Å². The third-order valence-corrected chi connectivity index (χ3v) is 3.15. The highest BCUT2D eigenvalue weighted by Gasteiger charge is 2.00. The van der Waals surface area contributed by atoms with Gasteiger partial charge in [0.15, 0.2) is 5.78 Å². The van der Waals surface area contributed by atoms with Gasteiger partial charge in [-0.3, -0.25) is 9.78 Å². The van der Waals surface area contributed by atoms with E-state index in [9.17, 15) is 4.79 Å². The van der Waals surface area contributed by atoms with Crippen LogP contribution in [0.15, 0.2) is 66.9 Å². The number of hydrogen-bond acceptors (Lipinski definition) is 3. The van der Waals surface area contributed by atoms with Crippen molar-refractivity contribution in [2.45, 2.75) is 41.2 Å². The predicted octanol–water partition coefficient (Wildman–Crippen LogP) is 6.32. The summed E-state index contributed by atoms with van der Waals surface area (Å²) in [5, 5.41) is 2.12. The van der Waals surface area contributed by atoms with Gasteiger partial charge < -0.3 is 4.74 Å². The molecule has 140 valence electrons. The number of hydrogen-bond donors (Lipinski definition) is 0. The first kappa shape index (κ1) is 23.5. The van der Waals surface area contributed by atoms with Gasteiger partial charge in [0.25, 0.3) is 0 Å². The maximum absolute atomic E-state index is 11.0. The molecule has 3 aromatic rings. The van der Waals surface area contributed by atoms with E-state index in [-0.39, 0.29) is 5.78 Å². The van der Waals surface area contributed by atoms with Crippen molar-refractivity contribution in [2.75, 3.05) is 7.11 Å². The van der Waals surface area contributed by atoms with Crippen LogP contribution < -0.4 is 0 Å². The molecule has 0 saturated carbocycles. The number of rotatable bonds is 3. The summed E-state index contributed by atoms with van der Waals surface area (Å²) in [7, 11) is 1.70.